The zero-order chi connectivity index (χ0) is 16.0. The molecule has 1 rings (SSSR count). The molecule has 0 bridgehead atoms. The van der Waals surface area contributed by atoms with E-state index in [1.54, 1.807) is 0 Å². The van der Waals surface area contributed by atoms with E-state index in [9.17, 15) is 0 Å². The average molecular weight is 377 g/mol. The Kier molecular flexibility index (Phi) is 13.3. The van der Waals surface area contributed by atoms with Crippen LogP contribution in [0.2, 0.25) is 6.04 Å². The Morgan fingerprint density at radius 1 is 0.905 bits per heavy atom. The second kappa shape index (κ2) is 13.5. The van der Waals surface area contributed by atoms with Crippen LogP contribution >= 0.6 is 15.9 Å². The molecule has 0 saturated heterocycles. The van der Waals surface area contributed by atoms with Gasteiger partial charge in [-0.2, -0.15) is 0 Å². The fourth-order valence-corrected chi connectivity index (χ4v) is 5.23. The molecule has 0 aliphatic heterocycles. The molecule has 0 N–H and O–H groups in total. The molecule has 1 aromatic rings. The van der Waals surface area contributed by atoms with Gasteiger partial charge in [0.25, 0.3) is 0 Å². The number of hydrogen-bond donors (Lipinski definition) is 0. The summed E-state index contributed by atoms with van der Waals surface area (Å²) in [6.45, 7) is 10.0. The quantitative estimate of drug-likeness (QED) is 0.456. The minimum atomic E-state index is -2.35. The summed E-state index contributed by atoms with van der Waals surface area (Å²) in [4.78, 5) is 0. The Morgan fingerprint density at radius 3 is 1.67 bits per heavy atom. The second-order valence-electron chi connectivity index (χ2n) is 4.43. The molecule has 3 nitrogen and oxygen atoms in total. The Labute approximate surface area is 139 Å². The largest absolute Gasteiger partial charge is 0.500 e. The maximum atomic E-state index is 5.69. The maximum absolute atomic E-state index is 5.69. The summed E-state index contributed by atoms with van der Waals surface area (Å²) in [5, 5.41) is 0.967. The van der Waals surface area contributed by atoms with Crippen LogP contribution in [-0.4, -0.2) is 34.0 Å². The number of rotatable bonds is 9. The first-order valence-electron chi connectivity index (χ1n) is 7.63. The molecule has 5 heteroatoms. The zero-order valence-corrected chi connectivity index (χ0v) is 16.3. The first-order chi connectivity index (χ1) is 10.1. The van der Waals surface area contributed by atoms with Crippen molar-refractivity contribution in [2.45, 2.75) is 40.2 Å². The lowest BCUT2D eigenvalue weighted by Gasteiger charge is -2.28. The predicted molar refractivity (Wildman–Crippen MR) is 95.0 cm³/mol. The van der Waals surface area contributed by atoms with E-state index in [2.05, 4.69) is 35.0 Å². The lowest BCUT2D eigenvalue weighted by molar-refractivity contribution is 0.0712. The van der Waals surface area contributed by atoms with Crippen molar-refractivity contribution in [1.29, 1.82) is 0 Å². The third kappa shape index (κ3) is 10.2. The number of benzene rings is 1. The summed E-state index contributed by atoms with van der Waals surface area (Å²) in [5.41, 5.74) is 1.32. The Hall–Kier alpha value is -0.203. The van der Waals surface area contributed by atoms with Crippen LogP contribution in [-0.2, 0) is 13.3 Å². The van der Waals surface area contributed by atoms with Crippen LogP contribution in [0.5, 0.6) is 0 Å². The van der Waals surface area contributed by atoms with Gasteiger partial charge in [-0.15, -0.1) is 0 Å². The molecule has 0 heterocycles. The SMILES string of the molecule is CCO[Si](CCCBr)(OCC)OCC.Cc1ccccc1. The first kappa shape index (κ1) is 20.8. The molecular weight excluding hydrogens is 348 g/mol. The highest BCUT2D eigenvalue weighted by Gasteiger charge is 2.39. The molecule has 0 aliphatic rings. The standard InChI is InChI=1S/C9H21BrO3Si.C7H8/c1-4-11-14(12-5-2,13-6-3)9-7-8-10;1-7-5-3-2-4-6-7/h4-9H2,1-3H3;2-6H,1H3. The normalized spacial score (nSPS) is 10.9. The molecule has 0 atom stereocenters. The van der Waals surface area contributed by atoms with E-state index in [1.807, 2.05) is 39.0 Å². The van der Waals surface area contributed by atoms with E-state index in [-0.39, 0.29) is 0 Å². The number of alkyl halides is 1. The van der Waals surface area contributed by atoms with Crippen LogP contribution in [0.25, 0.3) is 0 Å². The van der Waals surface area contributed by atoms with Gasteiger partial charge >= 0.3 is 8.80 Å². The minimum Gasteiger partial charge on any atom is -0.374 e. The number of aryl methyl sites for hydroxylation is 1. The van der Waals surface area contributed by atoms with Gasteiger partial charge in [-0.1, -0.05) is 51.8 Å². The van der Waals surface area contributed by atoms with Gasteiger partial charge in [-0.25, -0.2) is 0 Å². The minimum absolute atomic E-state index is 0.661. The number of halogens is 1. The second-order valence-corrected chi connectivity index (χ2v) is 7.95. The highest BCUT2D eigenvalue weighted by atomic mass is 79.9. The smallest absolute Gasteiger partial charge is 0.374 e. The summed E-state index contributed by atoms with van der Waals surface area (Å²) in [7, 11) is -2.35. The topological polar surface area (TPSA) is 27.7 Å². The van der Waals surface area contributed by atoms with Gasteiger partial charge in [0.15, 0.2) is 0 Å². The van der Waals surface area contributed by atoms with Crippen molar-refractivity contribution in [2.75, 3.05) is 25.2 Å². The molecule has 0 aliphatic carbocycles. The van der Waals surface area contributed by atoms with E-state index in [1.165, 1.54) is 5.56 Å². The number of hydrogen-bond acceptors (Lipinski definition) is 3. The highest BCUT2D eigenvalue weighted by molar-refractivity contribution is 9.09. The predicted octanol–water partition coefficient (Wildman–Crippen LogP) is 4.81. The van der Waals surface area contributed by atoms with Gasteiger partial charge in [-0.3, -0.25) is 0 Å². The Balaban J connectivity index is 0.000000471. The molecule has 0 saturated carbocycles. The summed E-state index contributed by atoms with van der Waals surface area (Å²) < 4.78 is 17.1. The first-order valence-corrected chi connectivity index (χ1v) is 10.7. The van der Waals surface area contributed by atoms with Crippen molar-refractivity contribution in [1.82, 2.24) is 0 Å². The van der Waals surface area contributed by atoms with Crippen LogP contribution in [0.3, 0.4) is 0 Å². The van der Waals surface area contributed by atoms with E-state index in [4.69, 9.17) is 13.3 Å². The van der Waals surface area contributed by atoms with Crippen molar-refractivity contribution >= 4 is 24.7 Å². The van der Waals surface area contributed by atoms with Gasteiger partial charge in [-0.05, 0) is 34.1 Å². The van der Waals surface area contributed by atoms with Crippen LogP contribution in [0.15, 0.2) is 30.3 Å². The van der Waals surface area contributed by atoms with Gasteiger partial charge in [0.2, 0.25) is 0 Å². The molecule has 0 unspecified atom stereocenters. The summed E-state index contributed by atoms with van der Waals surface area (Å²) in [6.07, 6.45) is 1.03. The Morgan fingerprint density at radius 2 is 1.38 bits per heavy atom. The molecular formula is C16H29BrO3Si. The van der Waals surface area contributed by atoms with Crippen molar-refractivity contribution in [3.63, 3.8) is 0 Å². The van der Waals surface area contributed by atoms with Crippen molar-refractivity contribution in [3.8, 4) is 0 Å². The van der Waals surface area contributed by atoms with Crippen LogP contribution in [0.4, 0.5) is 0 Å². The van der Waals surface area contributed by atoms with Gasteiger partial charge in [0.1, 0.15) is 0 Å². The van der Waals surface area contributed by atoms with Crippen LogP contribution in [0.1, 0.15) is 32.8 Å². The summed E-state index contributed by atoms with van der Waals surface area (Å²) >= 11 is 3.41. The molecule has 0 aromatic heterocycles. The molecule has 0 radical (unpaired) electrons. The molecule has 21 heavy (non-hydrogen) atoms. The summed E-state index contributed by atoms with van der Waals surface area (Å²) in [5.74, 6) is 0. The molecule has 122 valence electrons. The fourth-order valence-electron chi connectivity index (χ4n) is 1.82. The molecule has 0 amide bonds. The third-order valence-electron chi connectivity index (χ3n) is 2.65. The molecule has 1 aromatic carbocycles. The van der Waals surface area contributed by atoms with E-state index >= 15 is 0 Å². The van der Waals surface area contributed by atoms with Crippen molar-refractivity contribution in [2.24, 2.45) is 0 Å². The summed E-state index contributed by atoms with van der Waals surface area (Å²) in [6, 6.07) is 11.2. The van der Waals surface area contributed by atoms with Gasteiger partial charge < -0.3 is 13.3 Å². The van der Waals surface area contributed by atoms with Gasteiger partial charge in [0.05, 0.1) is 0 Å². The maximum Gasteiger partial charge on any atom is 0.500 e. The Bertz CT molecular complexity index is 319. The average Bonchev–Trinajstić information content (AvgIpc) is 2.47. The third-order valence-corrected chi connectivity index (χ3v) is 6.36. The molecule has 0 spiro atoms. The van der Waals surface area contributed by atoms with E-state index in [0.29, 0.717) is 19.8 Å². The highest BCUT2D eigenvalue weighted by Crippen LogP contribution is 2.18. The van der Waals surface area contributed by atoms with Crippen molar-refractivity contribution in [3.05, 3.63) is 35.9 Å². The van der Waals surface area contributed by atoms with Gasteiger partial charge in [0, 0.05) is 31.2 Å². The zero-order valence-electron chi connectivity index (χ0n) is 13.7. The monoisotopic (exact) mass is 376 g/mol. The lowest BCUT2D eigenvalue weighted by atomic mass is 10.2. The molecule has 0 fully saturated rings. The van der Waals surface area contributed by atoms with Crippen LogP contribution in [0, 0.1) is 6.92 Å². The van der Waals surface area contributed by atoms with Crippen molar-refractivity contribution < 1.29 is 13.3 Å². The van der Waals surface area contributed by atoms with E-state index in [0.717, 1.165) is 17.8 Å². The fraction of sp³-hybridized carbons (Fsp3) is 0.625. The van der Waals surface area contributed by atoms with E-state index < -0.39 is 8.80 Å². The van der Waals surface area contributed by atoms with Crippen LogP contribution < -0.4 is 0 Å². The lowest BCUT2D eigenvalue weighted by Crippen LogP contribution is -2.45.